The van der Waals surface area contributed by atoms with Gasteiger partial charge in [-0.15, -0.1) is 0 Å². The summed E-state index contributed by atoms with van der Waals surface area (Å²) in [6.45, 7) is 7.03. The molecule has 0 aromatic heterocycles. The second-order valence-electron chi connectivity index (χ2n) is 8.16. The zero-order chi connectivity index (χ0) is 22.3. The Labute approximate surface area is 198 Å². The summed E-state index contributed by atoms with van der Waals surface area (Å²) in [7, 11) is 0. The van der Waals surface area contributed by atoms with Gasteiger partial charge in [-0.25, -0.2) is 0 Å². The quantitative estimate of drug-likeness (QED) is 0.475. The number of carbonyl (C=O) groups excluding carboxylic acids is 1. The summed E-state index contributed by atoms with van der Waals surface area (Å²) < 4.78 is 0.937. The van der Waals surface area contributed by atoms with Crippen LogP contribution in [0.1, 0.15) is 12.5 Å². The smallest absolute Gasteiger partial charge is 0.246 e. The average Bonchev–Trinajstić information content (AvgIpc) is 2.81. The van der Waals surface area contributed by atoms with E-state index in [1.807, 2.05) is 31.2 Å². The molecule has 0 radical (unpaired) electrons. The highest BCUT2D eigenvalue weighted by atomic mass is 79.9. The lowest BCUT2D eigenvalue weighted by molar-refractivity contribution is -0.116. The molecule has 1 fully saturated rings. The Morgan fingerprint density at radius 3 is 2.31 bits per heavy atom. The number of anilines is 3. The molecule has 166 valence electrons. The van der Waals surface area contributed by atoms with E-state index in [0.29, 0.717) is 0 Å². The normalized spacial score (nSPS) is 15.2. The molecule has 1 aliphatic heterocycles. The highest BCUT2D eigenvalue weighted by Crippen LogP contribution is 2.21. The Balaban J connectivity index is 1.26. The maximum Gasteiger partial charge on any atom is 0.246 e. The van der Waals surface area contributed by atoms with Crippen molar-refractivity contribution in [3.8, 4) is 0 Å². The summed E-state index contributed by atoms with van der Waals surface area (Å²) in [5, 5.41) is 6.23. The van der Waals surface area contributed by atoms with Gasteiger partial charge in [0, 0.05) is 54.3 Å². The third-order valence-electron chi connectivity index (χ3n) is 5.72. The zero-order valence-corrected chi connectivity index (χ0v) is 19.9. The highest BCUT2D eigenvalue weighted by molar-refractivity contribution is 9.10. The van der Waals surface area contributed by atoms with E-state index in [0.717, 1.165) is 48.6 Å². The van der Waals surface area contributed by atoms with Gasteiger partial charge in [0.2, 0.25) is 5.91 Å². The van der Waals surface area contributed by atoms with Crippen LogP contribution in [0.25, 0.3) is 0 Å². The van der Waals surface area contributed by atoms with Crippen LogP contribution in [0.15, 0.2) is 83.3 Å². The Kier molecular flexibility index (Phi) is 7.45. The van der Waals surface area contributed by atoms with Crippen molar-refractivity contribution in [1.82, 2.24) is 4.90 Å². The molecule has 1 aliphatic rings. The van der Waals surface area contributed by atoms with E-state index in [1.54, 1.807) is 0 Å². The van der Waals surface area contributed by atoms with Crippen molar-refractivity contribution in [2.75, 3.05) is 41.7 Å². The topological polar surface area (TPSA) is 47.6 Å². The van der Waals surface area contributed by atoms with Gasteiger partial charge in [0.05, 0.1) is 0 Å². The first-order valence-corrected chi connectivity index (χ1v) is 11.8. The second-order valence-corrected chi connectivity index (χ2v) is 9.08. The number of halogens is 1. The van der Waals surface area contributed by atoms with E-state index in [1.165, 1.54) is 11.3 Å². The first kappa shape index (κ1) is 22.4. The fourth-order valence-corrected chi connectivity index (χ4v) is 4.31. The summed E-state index contributed by atoms with van der Waals surface area (Å²) in [5.41, 5.74) is 4.31. The van der Waals surface area contributed by atoms with E-state index in [4.69, 9.17) is 0 Å². The predicted octanol–water partition coefficient (Wildman–Crippen LogP) is 5.21. The van der Waals surface area contributed by atoms with E-state index in [2.05, 4.69) is 91.0 Å². The molecular formula is C26H29BrN4O. The van der Waals surface area contributed by atoms with Crippen LogP contribution in [0.3, 0.4) is 0 Å². The molecule has 32 heavy (non-hydrogen) atoms. The lowest BCUT2D eigenvalue weighted by Crippen LogP contribution is -2.45. The lowest BCUT2D eigenvalue weighted by atomic mass is 10.2. The standard InChI is InChI=1S/C26H29BrN4O/c1-20(26(32)29-24-9-5-8-22(27)18-24)28-23-10-12-25(13-11-23)31-16-14-30(15-17-31)19-21-6-3-2-4-7-21/h2-13,18,20,28H,14-17,19H2,1H3,(H,29,32). The number of hydrogen-bond donors (Lipinski definition) is 2. The van der Waals surface area contributed by atoms with E-state index >= 15 is 0 Å². The third kappa shape index (κ3) is 6.11. The molecule has 3 aromatic carbocycles. The summed E-state index contributed by atoms with van der Waals surface area (Å²) in [6, 6.07) is 26.3. The van der Waals surface area contributed by atoms with Crippen LogP contribution in [-0.4, -0.2) is 43.0 Å². The number of carbonyl (C=O) groups is 1. The number of amides is 1. The van der Waals surface area contributed by atoms with Gasteiger partial charge < -0.3 is 15.5 Å². The molecule has 3 aromatic rings. The molecule has 0 saturated carbocycles. The minimum absolute atomic E-state index is 0.0679. The van der Waals surface area contributed by atoms with Crippen molar-refractivity contribution in [2.24, 2.45) is 0 Å². The van der Waals surface area contributed by atoms with Gasteiger partial charge in [-0.3, -0.25) is 9.69 Å². The summed E-state index contributed by atoms with van der Waals surface area (Å²) in [4.78, 5) is 17.4. The highest BCUT2D eigenvalue weighted by Gasteiger charge is 2.18. The Hall–Kier alpha value is -2.83. The summed E-state index contributed by atoms with van der Waals surface area (Å²) >= 11 is 3.43. The van der Waals surface area contributed by atoms with E-state index in [-0.39, 0.29) is 11.9 Å². The number of nitrogens with zero attached hydrogens (tertiary/aromatic N) is 2. The molecule has 0 bridgehead atoms. The van der Waals surface area contributed by atoms with Crippen molar-refractivity contribution in [1.29, 1.82) is 0 Å². The van der Waals surface area contributed by atoms with Gasteiger partial charge in [-0.1, -0.05) is 52.3 Å². The first-order valence-electron chi connectivity index (χ1n) is 11.0. The van der Waals surface area contributed by atoms with Crippen LogP contribution in [0.4, 0.5) is 17.1 Å². The molecule has 0 spiro atoms. The molecule has 1 amide bonds. The molecule has 1 unspecified atom stereocenters. The fourth-order valence-electron chi connectivity index (χ4n) is 3.91. The van der Waals surface area contributed by atoms with Gasteiger partial charge in [0.25, 0.3) is 0 Å². The van der Waals surface area contributed by atoms with Gasteiger partial charge in [0.15, 0.2) is 0 Å². The monoisotopic (exact) mass is 492 g/mol. The minimum atomic E-state index is -0.346. The van der Waals surface area contributed by atoms with Gasteiger partial charge in [-0.05, 0) is 55.0 Å². The SMILES string of the molecule is CC(Nc1ccc(N2CCN(Cc3ccccc3)CC2)cc1)C(=O)Nc1cccc(Br)c1. The number of benzene rings is 3. The maximum absolute atomic E-state index is 12.5. The molecule has 0 aliphatic carbocycles. The lowest BCUT2D eigenvalue weighted by Gasteiger charge is -2.36. The van der Waals surface area contributed by atoms with Crippen LogP contribution >= 0.6 is 15.9 Å². The molecular weight excluding hydrogens is 464 g/mol. The number of piperazine rings is 1. The van der Waals surface area contributed by atoms with Crippen molar-refractivity contribution in [3.63, 3.8) is 0 Å². The van der Waals surface area contributed by atoms with E-state index in [9.17, 15) is 4.79 Å². The summed E-state index contributed by atoms with van der Waals surface area (Å²) in [5.74, 6) is -0.0679. The first-order chi connectivity index (χ1) is 15.6. The van der Waals surface area contributed by atoms with Crippen molar-refractivity contribution < 1.29 is 4.79 Å². The number of hydrogen-bond acceptors (Lipinski definition) is 4. The molecule has 6 heteroatoms. The second kappa shape index (κ2) is 10.7. The molecule has 2 N–H and O–H groups in total. The van der Waals surface area contributed by atoms with Crippen LogP contribution in [0, 0.1) is 0 Å². The molecule has 1 heterocycles. The Bertz CT molecular complexity index is 1020. The molecule has 4 rings (SSSR count). The predicted molar refractivity (Wildman–Crippen MR) is 136 cm³/mol. The van der Waals surface area contributed by atoms with Crippen molar-refractivity contribution in [2.45, 2.75) is 19.5 Å². The zero-order valence-electron chi connectivity index (χ0n) is 18.3. The van der Waals surface area contributed by atoms with E-state index < -0.39 is 0 Å². The average molecular weight is 493 g/mol. The Morgan fingerprint density at radius 1 is 0.906 bits per heavy atom. The van der Waals surface area contributed by atoms with Crippen molar-refractivity contribution in [3.05, 3.63) is 88.9 Å². The largest absolute Gasteiger partial charge is 0.374 e. The summed E-state index contributed by atoms with van der Waals surface area (Å²) in [6.07, 6.45) is 0. The molecule has 5 nitrogen and oxygen atoms in total. The van der Waals surface area contributed by atoms with Gasteiger partial charge in [-0.2, -0.15) is 0 Å². The third-order valence-corrected chi connectivity index (χ3v) is 6.22. The molecule has 1 saturated heterocycles. The number of rotatable bonds is 7. The Morgan fingerprint density at radius 2 is 1.62 bits per heavy atom. The van der Waals surface area contributed by atoms with Crippen LogP contribution < -0.4 is 15.5 Å². The van der Waals surface area contributed by atoms with Crippen LogP contribution in [-0.2, 0) is 11.3 Å². The minimum Gasteiger partial charge on any atom is -0.374 e. The van der Waals surface area contributed by atoms with Gasteiger partial charge >= 0.3 is 0 Å². The maximum atomic E-state index is 12.5. The van der Waals surface area contributed by atoms with Crippen molar-refractivity contribution >= 4 is 38.9 Å². The number of nitrogens with one attached hydrogen (secondary N) is 2. The van der Waals surface area contributed by atoms with Gasteiger partial charge in [0.1, 0.15) is 6.04 Å². The molecule has 1 atom stereocenters. The van der Waals surface area contributed by atoms with Crippen LogP contribution in [0.2, 0.25) is 0 Å². The van der Waals surface area contributed by atoms with Crippen LogP contribution in [0.5, 0.6) is 0 Å². The fraction of sp³-hybridized carbons (Fsp3) is 0.269.